The van der Waals surface area contributed by atoms with Crippen LogP contribution in [0.2, 0.25) is 0 Å². The van der Waals surface area contributed by atoms with Crippen LogP contribution in [-0.4, -0.2) is 105 Å². The summed E-state index contributed by atoms with van der Waals surface area (Å²) in [6.07, 6.45) is 0. The molecule has 2 N–H and O–H groups in total. The van der Waals surface area contributed by atoms with Crippen LogP contribution >= 0.6 is 0 Å². The van der Waals surface area contributed by atoms with Gasteiger partial charge in [-0.1, -0.05) is 0 Å². The number of nitrogens with two attached hydrogens (primary N) is 1. The van der Waals surface area contributed by atoms with E-state index in [0.29, 0.717) is 6.04 Å². The van der Waals surface area contributed by atoms with Crippen LogP contribution in [0.4, 0.5) is 0 Å². The van der Waals surface area contributed by atoms with Crippen molar-refractivity contribution in [1.29, 1.82) is 0 Å². The molecule has 0 aliphatic carbocycles. The zero-order chi connectivity index (χ0) is 13.0. The fourth-order valence-corrected chi connectivity index (χ4v) is 2.85. The van der Waals surface area contributed by atoms with Crippen LogP contribution in [0.15, 0.2) is 0 Å². The van der Waals surface area contributed by atoms with Crippen LogP contribution in [0.1, 0.15) is 0 Å². The summed E-state index contributed by atoms with van der Waals surface area (Å²) in [6, 6.07) is 0.544. The standard InChI is InChI=1S/C13H29N5/c1-15-3-7-17(8-4-15)12-13(11-14)18-9-5-16(2)6-10-18/h13H,3-12,14H2,1-2H3. The maximum Gasteiger partial charge on any atom is 0.0346 e. The lowest BCUT2D eigenvalue weighted by atomic mass is 10.1. The molecule has 0 aromatic heterocycles. The summed E-state index contributed by atoms with van der Waals surface area (Å²) >= 11 is 0. The van der Waals surface area contributed by atoms with Gasteiger partial charge in [0, 0.05) is 71.5 Å². The van der Waals surface area contributed by atoms with Crippen molar-refractivity contribution in [1.82, 2.24) is 19.6 Å². The number of hydrogen-bond acceptors (Lipinski definition) is 5. The Kier molecular flexibility index (Phi) is 5.38. The number of hydrogen-bond donors (Lipinski definition) is 1. The number of nitrogens with zero attached hydrogens (tertiary/aromatic N) is 4. The van der Waals surface area contributed by atoms with E-state index in [0.717, 1.165) is 13.1 Å². The van der Waals surface area contributed by atoms with E-state index in [1.807, 2.05) is 0 Å². The molecule has 18 heavy (non-hydrogen) atoms. The van der Waals surface area contributed by atoms with Crippen molar-refractivity contribution in [3.63, 3.8) is 0 Å². The van der Waals surface area contributed by atoms with Crippen molar-refractivity contribution in [3.05, 3.63) is 0 Å². The second kappa shape index (κ2) is 6.82. The van der Waals surface area contributed by atoms with Gasteiger partial charge in [-0.3, -0.25) is 9.80 Å². The summed E-state index contributed by atoms with van der Waals surface area (Å²) < 4.78 is 0. The lowest BCUT2D eigenvalue weighted by Crippen LogP contribution is -2.56. The summed E-state index contributed by atoms with van der Waals surface area (Å²) in [6.45, 7) is 11.4. The Labute approximate surface area is 111 Å². The Hall–Kier alpha value is -0.200. The third kappa shape index (κ3) is 3.90. The van der Waals surface area contributed by atoms with Gasteiger partial charge in [0.15, 0.2) is 0 Å². The molecule has 0 spiro atoms. The summed E-state index contributed by atoms with van der Waals surface area (Å²) in [5.74, 6) is 0. The monoisotopic (exact) mass is 255 g/mol. The van der Waals surface area contributed by atoms with Gasteiger partial charge in [0.2, 0.25) is 0 Å². The van der Waals surface area contributed by atoms with Crippen molar-refractivity contribution < 1.29 is 0 Å². The van der Waals surface area contributed by atoms with Crippen LogP contribution in [0.25, 0.3) is 0 Å². The summed E-state index contributed by atoms with van der Waals surface area (Å²) in [5, 5.41) is 0. The molecule has 106 valence electrons. The van der Waals surface area contributed by atoms with Gasteiger partial charge in [-0.05, 0) is 14.1 Å². The van der Waals surface area contributed by atoms with E-state index in [4.69, 9.17) is 5.73 Å². The molecule has 5 nitrogen and oxygen atoms in total. The molecule has 2 heterocycles. The van der Waals surface area contributed by atoms with Gasteiger partial charge in [-0.2, -0.15) is 0 Å². The highest BCUT2D eigenvalue weighted by Crippen LogP contribution is 2.08. The molecule has 0 aromatic carbocycles. The first kappa shape index (κ1) is 14.2. The maximum absolute atomic E-state index is 5.99. The topological polar surface area (TPSA) is 39.0 Å². The second-order valence-electron chi connectivity index (χ2n) is 5.83. The maximum atomic E-state index is 5.99. The van der Waals surface area contributed by atoms with Gasteiger partial charge in [0.25, 0.3) is 0 Å². The van der Waals surface area contributed by atoms with Gasteiger partial charge in [0.1, 0.15) is 0 Å². The minimum absolute atomic E-state index is 0.544. The molecule has 2 saturated heterocycles. The molecule has 0 bridgehead atoms. The summed E-state index contributed by atoms with van der Waals surface area (Å²) in [4.78, 5) is 9.97. The average Bonchev–Trinajstić information content (AvgIpc) is 2.39. The molecule has 5 heteroatoms. The van der Waals surface area contributed by atoms with Crippen LogP contribution in [0, 0.1) is 0 Å². The first-order chi connectivity index (χ1) is 8.69. The van der Waals surface area contributed by atoms with Crippen molar-refractivity contribution >= 4 is 0 Å². The summed E-state index contributed by atoms with van der Waals surface area (Å²) in [7, 11) is 4.41. The fraction of sp³-hybridized carbons (Fsp3) is 1.00. The fourth-order valence-electron chi connectivity index (χ4n) is 2.85. The molecule has 2 rings (SSSR count). The normalized spacial score (nSPS) is 27.5. The largest absolute Gasteiger partial charge is 0.329 e. The lowest BCUT2D eigenvalue weighted by Gasteiger charge is -2.41. The van der Waals surface area contributed by atoms with E-state index in [1.54, 1.807) is 0 Å². The van der Waals surface area contributed by atoms with Gasteiger partial charge in [0.05, 0.1) is 0 Å². The van der Waals surface area contributed by atoms with E-state index in [9.17, 15) is 0 Å². The van der Waals surface area contributed by atoms with Crippen molar-refractivity contribution in [2.24, 2.45) is 5.73 Å². The van der Waals surface area contributed by atoms with Gasteiger partial charge >= 0.3 is 0 Å². The molecule has 2 aliphatic heterocycles. The third-order valence-electron chi connectivity index (χ3n) is 4.39. The van der Waals surface area contributed by atoms with Crippen molar-refractivity contribution in [3.8, 4) is 0 Å². The minimum Gasteiger partial charge on any atom is -0.329 e. The quantitative estimate of drug-likeness (QED) is 0.684. The highest BCUT2D eigenvalue weighted by molar-refractivity contribution is 4.82. The second-order valence-corrected chi connectivity index (χ2v) is 5.83. The van der Waals surface area contributed by atoms with Gasteiger partial charge in [-0.15, -0.1) is 0 Å². The minimum atomic E-state index is 0.544. The molecule has 1 unspecified atom stereocenters. The Morgan fingerprint density at radius 2 is 1.33 bits per heavy atom. The Morgan fingerprint density at radius 3 is 1.83 bits per heavy atom. The Bertz CT molecular complexity index is 232. The molecule has 1 atom stereocenters. The molecule has 0 radical (unpaired) electrons. The molecule has 2 aliphatic rings. The molecule has 0 saturated carbocycles. The third-order valence-corrected chi connectivity index (χ3v) is 4.39. The Morgan fingerprint density at radius 1 is 0.833 bits per heavy atom. The number of rotatable bonds is 4. The molecule has 0 aromatic rings. The molecular formula is C13H29N5. The average molecular weight is 255 g/mol. The van der Waals surface area contributed by atoms with E-state index >= 15 is 0 Å². The molecule has 0 amide bonds. The molecule has 2 fully saturated rings. The van der Waals surface area contributed by atoms with Gasteiger partial charge in [-0.25, -0.2) is 0 Å². The number of piperazine rings is 2. The SMILES string of the molecule is CN1CCN(CC(CN)N2CCN(C)CC2)CC1. The Balaban J connectivity index is 1.78. The first-order valence-corrected chi connectivity index (χ1v) is 7.22. The smallest absolute Gasteiger partial charge is 0.0346 e. The highest BCUT2D eigenvalue weighted by atomic mass is 15.3. The van der Waals surface area contributed by atoms with Crippen molar-refractivity contribution in [2.75, 3.05) is 79.5 Å². The van der Waals surface area contributed by atoms with Crippen LogP contribution < -0.4 is 5.73 Å². The van der Waals surface area contributed by atoms with E-state index in [-0.39, 0.29) is 0 Å². The lowest BCUT2D eigenvalue weighted by molar-refractivity contribution is 0.0722. The van der Waals surface area contributed by atoms with Crippen LogP contribution in [0.3, 0.4) is 0 Å². The van der Waals surface area contributed by atoms with E-state index in [1.165, 1.54) is 52.4 Å². The predicted molar refractivity (Wildman–Crippen MR) is 75.8 cm³/mol. The van der Waals surface area contributed by atoms with Crippen LogP contribution in [0.5, 0.6) is 0 Å². The molecular weight excluding hydrogens is 226 g/mol. The summed E-state index contributed by atoms with van der Waals surface area (Å²) in [5.41, 5.74) is 5.99. The highest BCUT2D eigenvalue weighted by Gasteiger charge is 2.24. The zero-order valence-electron chi connectivity index (χ0n) is 12.0. The van der Waals surface area contributed by atoms with Crippen LogP contribution in [-0.2, 0) is 0 Å². The van der Waals surface area contributed by atoms with Gasteiger partial charge < -0.3 is 15.5 Å². The number of likely N-dealkylation sites (N-methyl/N-ethyl adjacent to an activating group) is 2. The van der Waals surface area contributed by atoms with E-state index in [2.05, 4.69) is 33.7 Å². The van der Waals surface area contributed by atoms with Crippen molar-refractivity contribution in [2.45, 2.75) is 6.04 Å². The first-order valence-electron chi connectivity index (χ1n) is 7.22. The predicted octanol–water partition coefficient (Wildman–Crippen LogP) is -1.19. The van der Waals surface area contributed by atoms with E-state index < -0.39 is 0 Å². The zero-order valence-corrected chi connectivity index (χ0v) is 12.0.